The Bertz CT molecular complexity index is 1250. The SMILES string of the molecule is CCN(CC)S(=O)(=O)c1ccc(N/N=C(\C)c2ccc(-c3ccccc3)cc2)c([N+](=O)[O-])c1. The molecule has 0 bridgehead atoms. The summed E-state index contributed by atoms with van der Waals surface area (Å²) < 4.78 is 26.7. The van der Waals surface area contributed by atoms with Gasteiger partial charge in [-0.3, -0.25) is 15.5 Å². The number of nitro benzene ring substituents is 1. The number of rotatable bonds is 9. The van der Waals surface area contributed by atoms with E-state index >= 15 is 0 Å². The fourth-order valence-corrected chi connectivity index (χ4v) is 4.85. The van der Waals surface area contributed by atoms with Crippen LogP contribution < -0.4 is 5.43 Å². The van der Waals surface area contributed by atoms with Crippen molar-refractivity contribution in [1.29, 1.82) is 0 Å². The molecule has 0 aliphatic heterocycles. The van der Waals surface area contributed by atoms with Crippen molar-refractivity contribution in [3.63, 3.8) is 0 Å². The first kappa shape index (κ1) is 24.1. The van der Waals surface area contributed by atoms with Gasteiger partial charge in [0.25, 0.3) is 5.69 Å². The van der Waals surface area contributed by atoms with E-state index in [0.717, 1.165) is 22.8 Å². The maximum atomic E-state index is 12.7. The topological polar surface area (TPSA) is 105 Å². The van der Waals surface area contributed by atoms with Gasteiger partial charge in [0.05, 0.1) is 15.5 Å². The van der Waals surface area contributed by atoms with Crippen molar-refractivity contribution < 1.29 is 13.3 Å². The summed E-state index contributed by atoms with van der Waals surface area (Å²) in [6.07, 6.45) is 0. The summed E-state index contributed by atoms with van der Waals surface area (Å²) in [5, 5.41) is 15.9. The lowest BCUT2D eigenvalue weighted by atomic mass is 10.0. The lowest BCUT2D eigenvalue weighted by Crippen LogP contribution is -2.30. The minimum Gasteiger partial charge on any atom is -0.271 e. The molecule has 0 saturated heterocycles. The summed E-state index contributed by atoms with van der Waals surface area (Å²) in [6, 6.07) is 21.6. The van der Waals surface area contributed by atoms with Gasteiger partial charge in [0.1, 0.15) is 5.69 Å². The predicted molar refractivity (Wildman–Crippen MR) is 131 cm³/mol. The Morgan fingerprint density at radius 1 is 0.970 bits per heavy atom. The first-order valence-corrected chi connectivity index (χ1v) is 12.0. The van der Waals surface area contributed by atoms with E-state index in [4.69, 9.17) is 0 Å². The molecule has 0 saturated carbocycles. The molecule has 0 atom stereocenters. The highest BCUT2D eigenvalue weighted by atomic mass is 32.2. The van der Waals surface area contributed by atoms with E-state index in [0.29, 0.717) is 5.71 Å². The van der Waals surface area contributed by atoms with Gasteiger partial charge in [-0.2, -0.15) is 9.41 Å². The van der Waals surface area contributed by atoms with Gasteiger partial charge in [0, 0.05) is 19.2 Å². The molecule has 3 rings (SSSR count). The first-order chi connectivity index (χ1) is 15.8. The van der Waals surface area contributed by atoms with E-state index in [-0.39, 0.29) is 29.4 Å². The molecule has 0 aromatic heterocycles. The largest absolute Gasteiger partial charge is 0.295 e. The van der Waals surface area contributed by atoms with Crippen LogP contribution in [0.3, 0.4) is 0 Å². The van der Waals surface area contributed by atoms with Crippen LogP contribution in [0.4, 0.5) is 11.4 Å². The van der Waals surface area contributed by atoms with Crippen molar-refractivity contribution in [2.75, 3.05) is 18.5 Å². The van der Waals surface area contributed by atoms with Gasteiger partial charge in [-0.15, -0.1) is 0 Å². The van der Waals surface area contributed by atoms with E-state index in [9.17, 15) is 18.5 Å². The van der Waals surface area contributed by atoms with Crippen molar-refractivity contribution >= 4 is 27.1 Å². The number of benzene rings is 3. The molecule has 0 unspecified atom stereocenters. The number of hydrogen-bond acceptors (Lipinski definition) is 6. The van der Waals surface area contributed by atoms with Crippen LogP contribution in [-0.2, 0) is 10.0 Å². The smallest absolute Gasteiger partial charge is 0.271 e. The maximum absolute atomic E-state index is 12.7. The van der Waals surface area contributed by atoms with Gasteiger partial charge >= 0.3 is 0 Å². The van der Waals surface area contributed by atoms with Crippen LogP contribution in [0.25, 0.3) is 11.1 Å². The Labute approximate surface area is 193 Å². The summed E-state index contributed by atoms with van der Waals surface area (Å²) in [4.78, 5) is 10.9. The third-order valence-electron chi connectivity index (χ3n) is 5.26. The third-order valence-corrected chi connectivity index (χ3v) is 7.31. The van der Waals surface area contributed by atoms with Crippen LogP contribution >= 0.6 is 0 Å². The fourth-order valence-electron chi connectivity index (χ4n) is 3.37. The molecule has 3 aromatic rings. The van der Waals surface area contributed by atoms with Crippen molar-refractivity contribution in [1.82, 2.24) is 4.31 Å². The molecule has 0 spiro atoms. The molecule has 0 amide bonds. The number of nitrogens with zero attached hydrogens (tertiary/aromatic N) is 3. The lowest BCUT2D eigenvalue weighted by Gasteiger charge is -2.18. The van der Waals surface area contributed by atoms with Crippen LogP contribution in [0.15, 0.2) is 82.8 Å². The molecule has 0 aliphatic rings. The summed E-state index contributed by atoms with van der Waals surface area (Å²) in [5.74, 6) is 0. The Balaban J connectivity index is 1.84. The standard InChI is InChI=1S/C24H26N4O4S/c1-4-27(5-2)33(31,32)22-15-16-23(24(17-22)28(29)30)26-25-18(3)19-11-13-21(14-12-19)20-9-7-6-8-10-20/h6-17,26H,4-5H2,1-3H3/b25-18+. The molecule has 8 nitrogen and oxygen atoms in total. The summed E-state index contributed by atoms with van der Waals surface area (Å²) in [6.45, 7) is 5.78. The Morgan fingerprint density at radius 2 is 1.58 bits per heavy atom. The van der Waals surface area contributed by atoms with Gasteiger partial charge in [0.15, 0.2) is 0 Å². The summed E-state index contributed by atoms with van der Waals surface area (Å²) in [5.41, 5.74) is 6.12. The Kier molecular flexibility index (Phi) is 7.57. The zero-order valence-electron chi connectivity index (χ0n) is 18.7. The van der Waals surface area contributed by atoms with Crippen molar-refractivity contribution in [2.45, 2.75) is 25.7 Å². The minimum atomic E-state index is -3.81. The zero-order valence-corrected chi connectivity index (χ0v) is 19.5. The highest BCUT2D eigenvalue weighted by Crippen LogP contribution is 2.29. The molecule has 0 heterocycles. The van der Waals surface area contributed by atoms with Crippen LogP contribution in [-0.4, -0.2) is 36.4 Å². The number of nitro groups is 1. The fraction of sp³-hybridized carbons (Fsp3) is 0.208. The highest BCUT2D eigenvalue weighted by molar-refractivity contribution is 7.89. The summed E-state index contributed by atoms with van der Waals surface area (Å²) >= 11 is 0. The number of nitrogens with one attached hydrogen (secondary N) is 1. The molecule has 9 heteroatoms. The number of hydrazone groups is 1. The lowest BCUT2D eigenvalue weighted by molar-refractivity contribution is -0.384. The molecule has 1 N–H and O–H groups in total. The Hall–Kier alpha value is -3.56. The number of hydrogen-bond donors (Lipinski definition) is 1. The second-order valence-electron chi connectivity index (χ2n) is 7.28. The molecule has 0 radical (unpaired) electrons. The monoisotopic (exact) mass is 466 g/mol. The normalized spacial score (nSPS) is 12.1. The van der Waals surface area contributed by atoms with Crippen molar-refractivity contribution in [3.8, 4) is 11.1 Å². The van der Waals surface area contributed by atoms with E-state index in [2.05, 4.69) is 10.5 Å². The third kappa shape index (κ3) is 5.44. The molecule has 0 fully saturated rings. The molecular weight excluding hydrogens is 440 g/mol. The van der Waals surface area contributed by atoms with Crippen LogP contribution in [0.5, 0.6) is 0 Å². The zero-order chi connectivity index (χ0) is 24.0. The van der Waals surface area contributed by atoms with Gasteiger partial charge in [-0.05, 0) is 35.7 Å². The molecule has 0 aliphatic carbocycles. The first-order valence-electron chi connectivity index (χ1n) is 10.5. The second kappa shape index (κ2) is 10.4. The van der Waals surface area contributed by atoms with Gasteiger partial charge < -0.3 is 0 Å². The molecule has 3 aromatic carbocycles. The van der Waals surface area contributed by atoms with Gasteiger partial charge in [-0.25, -0.2) is 8.42 Å². The van der Waals surface area contributed by atoms with E-state index in [1.165, 1.54) is 16.4 Å². The number of sulfonamides is 1. The summed E-state index contributed by atoms with van der Waals surface area (Å²) in [7, 11) is -3.81. The van der Waals surface area contributed by atoms with Crippen LogP contribution in [0.2, 0.25) is 0 Å². The van der Waals surface area contributed by atoms with E-state index in [1.54, 1.807) is 20.8 Å². The average Bonchev–Trinajstić information content (AvgIpc) is 2.83. The predicted octanol–water partition coefficient (Wildman–Crippen LogP) is 5.13. The Morgan fingerprint density at radius 3 is 2.15 bits per heavy atom. The molecule has 172 valence electrons. The minimum absolute atomic E-state index is 0.110. The quantitative estimate of drug-likeness (QED) is 0.267. The van der Waals surface area contributed by atoms with Gasteiger partial charge in [-0.1, -0.05) is 68.4 Å². The van der Waals surface area contributed by atoms with Crippen molar-refractivity contribution in [2.24, 2.45) is 5.10 Å². The maximum Gasteiger partial charge on any atom is 0.295 e. The average molecular weight is 467 g/mol. The van der Waals surface area contributed by atoms with Crippen LogP contribution in [0.1, 0.15) is 26.3 Å². The molecular formula is C24H26N4O4S. The highest BCUT2D eigenvalue weighted by Gasteiger charge is 2.25. The van der Waals surface area contributed by atoms with Crippen molar-refractivity contribution in [3.05, 3.63) is 88.5 Å². The van der Waals surface area contributed by atoms with Crippen LogP contribution in [0, 0.1) is 10.1 Å². The van der Waals surface area contributed by atoms with E-state index < -0.39 is 14.9 Å². The number of anilines is 1. The van der Waals surface area contributed by atoms with Gasteiger partial charge in [0.2, 0.25) is 10.0 Å². The molecule has 33 heavy (non-hydrogen) atoms. The second-order valence-corrected chi connectivity index (χ2v) is 9.22. The van der Waals surface area contributed by atoms with E-state index in [1.807, 2.05) is 54.6 Å².